The second-order valence-electron chi connectivity index (χ2n) is 4.03. The molecule has 1 fully saturated rings. The number of aliphatic hydroxyl groups excluding tert-OH is 1. The van der Waals surface area contributed by atoms with E-state index in [4.69, 9.17) is 5.11 Å². The van der Waals surface area contributed by atoms with E-state index in [0.717, 1.165) is 32.6 Å². The van der Waals surface area contributed by atoms with Gasteiger partial charge in [0.25, 0.3) is 0 Å². The van der Waals surface area contributed by atoms with E-state index in [1.807, 2.05) is 0 Å². The lowest BCUT2D eigenvalue weighted by molar-refractivity contribution is -0.122. The summed E-state index contributed by atoms with van der Waals surface area (Å²) in [4.78, 5) is 13.6. The normalized spacial score (nSPS) is 20.7. The molecular formula is C10H21N3O2. The fourth-order valence-corrected chi connectivity index (χ4v) is 1.58. The maximum absolute atomic E-state index is 11.4. The minimum Gasteiger partial charge on any atom is -0.392 e. The number of carbonyl (C=O) groups is 1. The van der Waals surface area contributed by atoms with E-state index in [-0.39, 0.29) is 5.91 Å². The second-order valence-corrected chi connectivity index (χ2v) is 4.03. The third kappa shape index (κ3) is 5.71. The first-order valence-electron chi connectivity index (χ1n) is 5.56. The van der Waals surface area contributed by atoms with Crippen molar-refractivity contribution in [2.24, 2.45) is 0 Å². The third-order valence-electron chi connectivity index (χ3n) is 2.39. The monoisotopic (exact) mass is 215 g/mol. The van der Waals surface area contributed by atoms with Gasteiger partial charge in [-0.15, -0.1) is 0 Å². The van der Waals surface area contributed by atoms with E-state index >= 15 is 0 Å². The predicted molar refractivity (Wildman–Crippen MR) is 58.6 cm³/mol. The minimum atomic E-state index is -0.472. The van der Waals surface area contributed by atoms with Gasteiger partial charge in [0.05, 0.1) is 12.6 Å². The summed E-state index contributed by atoms with van der Waals surface area (Å²) in [5.41, 5.74) is 0. The van der Waals surface area contributed by atoms with Crippen LogP contribution in [0, 0.1) is 0 Å². The molecule has 0 spiro atoms. The highest BCUT2D eigenvalue weighted by atomic mass is 16.3. The zero-order valence-corrected chi connectivity index (χ0v) is 9.33. The number of amides is 1. The zero-order chi connectivity index (χ0) is 11.1. The van der Waals surface area contributed by atoms with Crippen LogP contribution in [0.25, 0.3) is 0 Å². The highest BCUT2D eigenvalue weighted by Crippen LogP contribution is 1.94. The number of hydrogen-bond donors (Lipinski definition) is 3. The number of aliphatic hydroxyl groups is 1. The van der Waals surface area contributed by atoms with E-state index < -0.39 is 6.10 Å². The van der Waals surface area contributed by atoms with Crippen molar-refractivity contribution in [1.82, 2.24) is 15.5 Å². The molecule has 5 nitrogen and oxygen atoms in total. The first-order chi connectivity index (χ1) is 7.18. The lowest BCUT2D eigenvalue weighted by Crippen LogP contribution is -2.40. The first-order valence-corrected chi connectivity index (χ1v) is 5.56. The van der Waals surface area contributed by atoms with Crippen LogP contribution < -0.4 is 10.6 Å². The van der Waals surface area contributed by atoms with Crippen LogP contribution in [0.3, 0.4) is 0 Å². The molecule has 1 aliphatic rings. The fourth-order valence-electron chi connectivity index (χ4n) is 1.58. The van der Waals surface area contributed by atoms with Gasteiger partial charge in [-0.3, -0.25) is 9.69 Å². The molecule has 0 unspecified atom stereocenters. The van der Waals surface area contributed by atoms with Crippen LogP contribution in [-0.2, 0) is 4.79 Å². The molecule has 0 saturated carbocycles. The molecule has 0 aromatic rings. The number of carbonyl (C=O) groups excluding carboxylic acids is 1. The molecule has 0 aromatic carbocycles. The van der Waals surface area contributed by atoms with Crippen molar-refractivity contribution in [2.45, 2.75) is 19.4 Å². The van der Waals surface area contributed by atoms with E-state index in [9.17, 15) is 4.79 Å². The largest absolute Gasteiger partial charge is 0.392 e. The van der Waals surface area contributed by atoms with Crippen molar-refractivity contribution < 1.29 is 9.90 Å². The molecule has 1 rings (SSSR count). The maximum Gasteiger partial charge on any atom is 0.234 e. The van der Waals surface area contributed by atoms with Gasteiger partial charge in [0, 0.05) is 19.6 Å². The number of hydrogen-bond acceptors (Lipinski definition) is 4. The fraction of sp³-hybridized carbons (Fsp3) is 0.900. The molecule has 5 heteroatoms. The summed E-state index contributed by atoms with van der Waals surface area (Å²) in [6.45, 7) is 6.31. The molecule has 1 saturated heterocycles. The summed E-state index contributed by atoms with van der Waals surface area (Å²) >= 11 is 0. The van der Waals surface area contributed by atoms with Gasteiger partial charge in [0.2, 0.25) is 5.91 Å². The van der Waals surface area contributed by atoms with Gasteiger partial charge >= 0.3 is 0 Å². The SMILES string of the molecule is C[C@H](O)CNC(=O)CN1CCCNCC1. The molecule has 1 amide bonds. The van der Waals surface area contributed by atoms with Gasteiger partial charge in [-0.2, -0.15) is 0 Å². The third-order valence-corrected chi connectivity index (χ3v) is 2.39. The summed E-state index contributed by atoms with van der Waals surface area (Å²) in [6, 6.07) is 0. The molecule has 0 aliphatic carbocycles. The van der Waals surface area contributed by atoms with Crippen LogP contribution in [0.1, 0.15) is 13.3 Å². The van der Waals surface area contributed by atoms with Gasteiger partial charge in [-0.25, -0.2) is 0 Å². The Morgan fingerprint density at radius 2 is 2.33 bits per heavy atom. The second kappa shape index (κ2) is 6.76. The van der Waals surface area contributed by atoms with E-state index in [1.165, 1.54) is 0 Å². The quantitative estimate of drug-likeness (QED) is 0.550. The number of nitrogens with one attached hydrogen (secondary N) is 2. The van der Waals surface area contributed by atoms with Gasteiger partial charge in [-0.1, -0.05) is 0 Å². The molecule has 1 aliphatic heterocycles. The first kappa shape index (κ1) is 12.4. The average molecular weight is 215 g/mol. The van der Waals surface area contributed by atoms with Gasteiger partial charge in [0.1, 0.15) is 0 Å². The summed E-state index contributed by atoms with van der Waals surface area (Å²) in [7, 11) is 0. The zero-order valence-electron chi connectivity index (χ0n) is 9.33. The van der Waals surface area contributed by atoms with Crippen LogP contribution in [0.2, 0.25) is 0 Å². The van der Waals surface area contributed by atoms with Crippen molar-refractivity contribution in [3.8, 4) is 0 Å². The predicted octanol–water partition coefficient (Wildman–Crippen LogP) is -1.22. The van der Waals surface area contributed by atoms with Gasteiger partial charge in [0.15, 0.2) is 0 Å². The number of rotatable bonds is 4. The van der Waals surface area contributed by atoms with Crippen LogP contribution in [-0.4, -0.2) is 61.3 Å². The van der Waals surface area contributed by atoms with Crippen molar-refractivity contribution in [1.29, 1.82) is 0 Å². The molecular weight excluding hydrogens is 194 g/mol. The molecule has 88 valence electrons. The molecule has 0 radical (unpaired) electrons. The van der Waals surface area contributed by atoms with Gasteiger partial charge < -0.3 is 15.7 Å². The topological polar surface area (TPSA) is 64.6 Å². The Labute approximate surface area is 90.8 Å². The van der Waals surface area contributed by atoms with Crippen molar-refractivity contribution in [3.05, 3.63) is 0 Å². The van der Waals surface area contributed by atoms with Crippen molar-refractivity contribution in [3.63, 3.8) is 0 Å². The van der Waals surface area contributed by atoms with Gasteiger partial charge in [-0.05, 0) is 26.4 Å². The smallest absolute Gasteiger partial charge is 0.234 e. The molecule has 3 N–H and O–H groups in total. The number of nitrogens with zero attached hydrogens (tertiary/aromatic N) is 1. The molecule has 0 bridgehead atoms. The molecule has 1 heterocycles. The Hall–Kier alpha value is -0.650. The lowest BCUT2D eigenvalue weighted by Gasteiger charge is -2.18. The summed E-state index contributed by atoms with van der Waals surface area (Å²) in [5, 5.41) is 15.0. The minimum absolute atomic E-state index is 0.00204. The van der Waals surface area contributed by atoms with E-state index in [0.29, 0.717) is 13.1 Å². The molecule has 15 heavy (non-hydrogen) atoms. The van der Waals surface area contributed by atoms with E-state index in [1.54, 1.807) is 6.92 Å². The van der Waals surface area contributed by atoms with Crippen molar-refractivity contribution in [2.75, 3.05) is 39.3 Å². The summed E-state index contributed by atoms with van der Waals surface area (Å²) < 4.78 is 0. The highest BCUT2D eigenvalue weighted by Gasteiger charge is 2.12. The Bertz CT molecular complexity index is 189. The average Bonchev–Trinajstić information content (AvgIpc) is 2.43. The van der Waals surface area contributed by atoms with Crippen LogP contribution in [0.15, 0.2) is 0 Å². The highest BCUT2D eigenvalue weighted by molar-refractivity contribution is 5.78. The van der Waals surface area contributed by atoms with Crippen LogP contribution >= 0.6 is 0 Å². The molecule has 0 aromatic heterocycles. The summed E-state index contributed by atoms with van der Waals surface area (Å²) in [6.07, 6.45) is 0.615. The Kier molecular flexibility index (Phi) is 5.60. The van der Waals surface area contributed by atoms with Crippen LogP contribution in [0.5, 0.6) is 0 Å². The molecule has 1 atom stereocenters. The summed E-state index contributed by atoms with van der Waals surface area (Å²) in [5.74, 6) is -0.00204. The van der Waals surface area contributed by atoms with Crippen LogP contribution in [0.4, 0.5) is 0 Å². The standard InChI is InChI=1S/C10H21N3O2/c1-9(14)7-12-10(15)8-13-5-2-3-11-4-6-13/h9,11,14H,2-8H2,1H3,(H,12,15)/t9-/m0/s1. The maximum atomic E-state index is 11.4. The Morgan fingerprint density at radius 3 is 3.07 bits per heavy atom. The van der Waals surface area contributed by atoms with Crippen molar-refractivity contribution >= 4 is 5.91 Å². The Balaban J connectivity index is 2.17. The lowest BCUT2D eigenvalue weighted by atomic mass is 10.3. The van der Waals surface area contributed by atoms with E-state index in [2.05, 4.69) is 15.5 Å². The Morgan fingerprint density at radius 1 is 1.53 bits per heavy atom.